The summed E-state index contributed by atoms with van der Waals surface area (Å²) in [4.78, 5) is 11.6. The molecule has 0 aromatic heterocycles. The van der Waals surface area contributed by atoms with Crippen LogP contribution in [0, 0.1) is 0 Å². The molecule has 0 saturated heterocycles. The Morgan fingerprint density at radius 1 is 1.44 bits per heavy atom. The zero-order valence-electron chi connectivity index (χ0n) is 10.2. The number of hydrogen-bond donors (Lipinski definition) is 3. The number of nitrogen functional groups attached to an aromatic ring is 1. The molecule has 1 fully saturated rings. The van der Waals surface area contributed by atoms with Crippen molar-refractivity contribution >= 4 is 11.6 Å². The van der Waals surface area contributed by atoms with Crippen molar-refractivity contribution in [3.8, 4) is 5.75 Å². The first-order valence-electron chi connectivity index (χ1n) is 6.04. The predicted molar refractivity (Wildman–Crippen MR) is 68.2 cm³/mol. The van der Waals surface area contributed by atoms with E-state index >= 15 is 0 Å². The molecule has 0 aliphatic heterocycles. The number of aliphatic hydroxyl groups excluding tert-OH is 1. The molecule has 5 heteroatoms. The second-order valence-corrected chi connectivity index (χ2v) is 4.62. The summed E-state index contributed by atoms with van der Waals surface area (Å²) < 4.78 is 5.43. The highest BCUT2D eigenvalue weighted by molar-refractivity contribution is 5.77. The Hall–Kier alpha value is -1.75. The number of carbonyl (C=O) groups excluding carboxylic acids is 1. The molecule has 1 amide bonds. The van der Waals surface area contributed by atoms with Gasteiger partial charge in [0.05, 0.1) is 30.9 Å². The molecule has 1 aromatic rings. The maximum absolute atomic E-state index is 11.6. The average Bonchev–Trinajstić information content (AvgIpc) is 3.12. The van der Waals surface area contributed by atoms with Gasteiger partial charge >= 0.3 is 0 Å². The standard InChI is InChI=1S/C13H18N2O3/c14-10-3-1-2-4-11(10)18-8-5-12(17)15-13(9-16)6-7-13/h1-4,16H,5-9,14H2,(H,15,17). The normalized spacial score (nSPS) is 16.1. The summed E-state index contributed by atoms with van der Waals surface area (Å²) >= 11 is 0. The van der Waals surface area contributed by atoms with Crippen LogP contribution in [0.25, 0.3) is 0 Å². The number of amides is 1. The van der Waals surface area contributed by atoms with E-state index in [1.54, 1.807) is 12.1 Å². The fraction of sp³-hybridized carbons (Fsp3) is 0.462. The van der Waals surface area contributed by atoms with Crippen molar-refractivity contribution in [2.24, 2.45) is 0 Å². The van der Waals surface area contributed by atoms with E-state index in [2.05, 4.69) is 5.32 Å². The third-order valence-electron chi connectivity index (χ3n) is 3.07. The van der Waals surface area contributed by atoms with Crippen LogP contribution in [0.1, 0.15) is 19.3 Å². The highest BCUT2D eigenvalue weighted by atomic mass is 16.5. The van der Waals surface area contributed by atoms with Gasteiger partial charge in [-0.1, -0.05) is 12.1 Å². The monoisotopic (exact) mass is 250 g/mol. The SMILES string of the molecule is Nc1ccccc1OCCC(=O)NC1(CO)CC1. The second kappa shape index (κ2) is 5.27. The molecule has 18 heavy (non-hydrogen) atoms. The second-order valence-electron chi connectivity index (χ2n) is 4.62. The molecule has 0 radical (unpaired) electrons. The molecule has 5 nitrogen and oxygen atoms in total. The highest BCUT2D eigenvalue weighted by Crippen LogP contribution is 2.34. The molecule has 4 N–H and O–H groups in total. The summed E-state index contributed by atoms with van der Waals surface area (Å²) in [5.41, 5.74) is 5.92. The summed E-state index contributed by atoms with van der Waals surface area (Å²) in [6.07, 6.45) is 1.96. The maximum atomic E-state index is 11.6. The third kappa shape index (κ3) is 3.13. The van der Waals surface area contributed by atoms with Gasteiger partial charge in [0.15, 0.2) is 0 Å². The molecular formula is C13H18N2O3. The Bertz CT molecular complexity index is 430. The average molecular weight is 250 g/mol. The lowest BCUT2D eigenvalue weighted by Crippen LogP contribution is -2.40. The zero-order chi connectivity index (χ0) is 13.0. The van der Waals surface area contributed by atoms with E-state index in [4.69, 9.17) is 15.6 Å². The Kier molecular flexibility index (Phi) is 3.72. The molecule has 1 saturated carbocycles. The van der Waals surface area contributed by atoms with Crippen molar-refractivity contribution in [2.75, 3.05) is 18.9 Å². The Morgan fingerprint density at radius 3 is 2.78 bits per heavy atom. The van der Waals surface area contributed by atoms with Crippen LogP contribution in [0.15, 0.2) is 24.3 Å². The van der Waals surface area contributed by atoms with Gasteiger partial charge in [0.1, 0.15) is 5.75 Å². The Labute approximate surface area is 106 Å². The predicted octanol–water partition coefficient (Wildman–Crippen LogP) is 0.679. The molecule has 0 unspecified atom stereocenters. The number of anilines is 1. The zero-order valence-corrected chi connectivity index (χ0v) is 10.2. The topological polar surface area (TPSA) is 84.6 Å². The van der Waals surface area contributed by atoms with Gasteiger partial charge < -0.3 is 20.9 Å². The van der Waals surface area contributed by atoms with Gasteiger partial charge in [-0.3, -0.25) is 4.79 Å². The summed E-state index contributed by atoms with van der Waals surface area (Å²) in [6.45, 7) is 0.285. The largest absolute Gasteiger partial charge is 0.491 e. The smallest absolute Gasteiger partial charge is 0.223 e. The molecular weight excluding hydrogens is 232 g/mol. The molecule has 1 aliphatic carbocycles. The van der Waals surface area contributed by atoms with Crippen LogP contribution in [0.2, 0.25) is 0 Å². The number of ether oxygens (including phenoxy) is 1. The number of aliphatic hydroxyl groups is 1. The fourth-order valence-electron chi connectivity index (χ4n) is 1.70. The van der Waals surface area contributed by atoms with Gasteiger partial charge in [-0.15, -0.1) is 0 Å². The first kappa shape index (κ1) is 12.7. The van der Waals surface area contributed by atoms with Crippen LogP contribution in [0.3, 0.4) is 0 Å². The summed E-state index contributed by atoms with van der Waals surface area (Å²) in [5, 5.41) is 11.9. The van der Waals surface area contributed by atoms with Crippen molar-refractivity contribution < 1.29 is 14.6 Å². The van der Waals surface area contributed by atoms with Gasteiger partial charge in [0.2, 0.25) is 5.91 Å². The van der Waals surface area contributed by atoms with E-state index in [-0.39, 0.29) is 31.1 Å². The van der Waals surface area contributed by atoms with Crippen LogP contribution in [0.5, 0.6) is 5.75 Å². The summed E-state index contributed by atoms with van der Waals surface area (Å²) in [7, 11) is 0. The lowest BCUT2D eigenvalue weighted by Gasteiger charge is -2.14. The van der Waals surface area contributed by atoms with E-state index in [0.717, 1.165) is 12.8 Å². The number of nitrogens with two attached hydrogens (primary N) is 1. The minimum atomic E-state index is -0.358. The quantitative estimate of drug-likeness (QED) is 0.648. The summed E-state index contributed by atoms with van der Waals surface area (Å²) in [5.74, 6) is 0.490. The summed E-state index contributed by atoms with van der Waals surface area (Å²) in [6, 6.07) is 7.17. The molecule has 0 spiro atoms. The lowest BCUT2D eigenvalue weighted by atomic mass is 10.2. The number of nitrogens with one attached hydrogen (secondary N) is 1. The third-order valence-corrected chi connectivity index (χ3v) is 3.07. The Morgan fingerprint density at radius 2 is 2.17 bits per heavy atom. The molecule has 1 aromatic carbocycles. The number of hydrogen-bond acceptors (Lipinski definition) is 4. The molecule has 1 aliphatic rings. The first-order chi connectivity index (χ1) is 8.65. The van der Waals surface area contributed by atoms with Gasteiger partial charge in [0.25, 0.3) is 0 Å². The van der Waals surface area contributed by atoms with E-state index in [1.165, 1.54) is 0 Å². The number of rotatable bonds is 6. The minimum Gasteiger partial charge on any atom is -0.491 e. The van der Waals surface area contributed by atoms with Crippen molar-refractivity contribution in [2.45, 2.75) is 24.8 Å². The van der Waals surface area contributed by atoms with E-state index in [0.29, 0.717) is 11.4 Å². The van der Waals surface area contributed by atoms with Crippen molar-refractivity contribution in [3.63, 3.8) is 0 Å². The van der Waals surface area contributed by atoms with Gasteiger partial charge in [0, 0.05) is 0 Å². The maximum Gasteiger partial charge on any atom is 0.223 e. The van der Waals surface area contributed by atoms with Gasteiger partial charge in [-0.25, -0.2) is 0 Å². The van der Waals surface area contributed by atoms with E-state index < -0.39 is 0 Å². The number of carbonyl (C=O) groups is 1. The molecule has 0 atom stereocenters. The first-order valence-corrected chi connectivity index (χ1v) is 6.04. The molecule has 2 rings (SSSR count). The lowest BCUT2D eigenvalue weighted by molar-refractivity contribution is -0.122. The van der Waals surface area contributed by atoms with Crippen LogP contribution in [-0.2, 0) is 4.79 Å². The van der Waals surface area contributed by atoms with Crippen LogP contribution in [-0.4, -0.2) is 29.8 Å². The van der Waals surface area contributed by atoms with Crippen molar-refractivity contribution in [3.05, 3.63) is 24.3 Å². The van der Waals surface area contributed by atoms with Gasteiger partial charge in [-0.2, -0.15) is 0 Å². The Balaban J connectivity index is 1.72. The van der Waals surface area contributed by atoms with Crippen LogP contribution >= 0.6 is 0 Å². The number of benzene rings is 1. The van der Waals surface area contributed by atoms with Crippen molar-refractivity contribution in [1.29, 1.82) is 0 Å². The minimum absolute atomic E-state index is 0.00519. The van der Waals surface area contributed by atoms with E-state index in [1.807, 2.05) is 12.1 Å². The van der Waals surface area contributed by atoms with Gasteiger partial charge in [-0.05, 0) is 25.0 Å². The molecule has 0 bridgehead atoms. The number of para-hydroxylation sites is 2. The molecule has 0 heterocycles. The molecule has 98 valence electrons. The van der Waals surface area contributed by atoms with Crippen LogP contribution < -0.4 is 15.8 Å². The highest BCUT2D eigenvalue weighted by Gasteiger charge is 2.43. The fourth-order valence-corrected chi connectivity index (χ4v) is 1.70. The van der Waals surface area contributed by atoms with Crippen LogP contribution in [0.4, 0.5) is 5.69 Å². The van der Waals surface area contributed by atoms with E-state index in [9.17, 15) is 4.79 Å². The van der Waals surface area contributed by atoms with Crippen molar-refractivity contribution in [1.82, 2.24) is 5.32 Å².